The molecule has 6 nitrogen and oxygen atoms in total. The van der Waals surface area contributed by atoms with Crippen LogP contribution in [0.15, 0.2) is 109 Å². The Labute approximate surface area is 250 Å². The Kier molecular flexibility index (Phi) is 5.89. The van der Waals surface area contributed by atoms with E-state index in [-0.39, 0.29) is 11.9 Å². The van der Waals surface area contributed by atoms with Gasteiger partial charge in [-0.15, -0.1) is 0 Å². The fourth-order valence-corrected chi connectivity index (χ4v) is 6.33. The number of amides is 1. The summed E-state index contributed by atoms with van der Waals surface area (Å²) >= 11 is 0. The van der Waals surface area contributed by atoms with E-state index in [1.807, 2.05) is 82.4 Å². The lowest BCUT2D eigenvalue weighted by Gasteiger charge is -2.26. The summed E-state index contributed by atoms with van der Waals surface area (Å²) in [4.78, 5) is 22.1. The minimum absolute atomic E-state index is 0.0618. The van der Waals surface area contributed by atoms with Gasteiger partial charge in [0.2, 0.25) is 0 Å². The van der Waals surface area contributed by atoms with Crippen molar-refractivity contribution in [1.82, 2.24) is 14.8 Å². The van der Waals surface area contributed by atoms with E-state index in [2.05, 4.69) is 43.3 Å². The van der Waals surface area contributed by atoms with Crippen LogP contribution in [0.2, 0.25) is 0 Å². The molecule has 1 saturated carbocycles. The summed E-state index contributed by atoms with van der Waals surface area (Å²) < 4.78 is 7.42. The maximum Gasteiger partial charge on any atom is 0.261 e. The number of fused-ring (bicyclic) bond motifs is 3. The van der Waals surface area contributed by atoms with Crippen LogP contribution in [-0.4, -0.2) is 27.8 Å². The first kappa shape index (κ1) is 25.5. The lowest BCUT2D eigenvalue weighted by molar-refractivity contribution is 0.0994. The summed E-state index contributed by atoms with van der Waals surface area (Å²) in [5.74, 6) is 1.03. The average molecular weight is 563 g/mol. The van der Waals surface area contributed by atoms with Crippen LogP contribution in [0.3, 0.4) is 0 Å². The summed E-state index contributed by atoms with van der Waals surface area (Å²) in [6.07, 6.45) is 2.17. The highest BCUT2D eigenvalue weighted by Crippen LogP contribution is 2.51. The predicted octanol–water partition coefficient (Wildman–Crippen LogP) is 8.03. The molecule has 0 N–H and O–H groups in total. The maximum absolute atomic E-state index is 14.8. The Morgan fingerprint density at radius 1 is 0.791 bits per heavy atom. The second-order valence-electron chi connectivity index (χ2n) is 11.4. The van der Waals surface area contributed by atoms with Crippen LogP contribution >= 0.6 is 0 Å². The SMILES string of the molecule is COc1ccc(N2C(=O)c3c(-c4ccccc4)nc4c(c(C5CC5)nn4-c4ccccc4)c3C2c2ccc(C)cc2)cc1. The van der Waals surface area contributed by atoms with Crippen LogP contribution < -0.4 is 9.64 Å². The topological polar surface area (TPSA) is 60.2 Å². The molecule has 1 atom stereocenters. The van der Waals surface area contributed by atoms with Gasteiger partial charge < -0.3 is 4.74 Å². The third-order valence-electron chi connectivity index (χ3n) is 8.60. The van der Waals surface area contributed by atoms with Crippen molar-refractivity contribution in [3.05, 3.63) is 137 Å². The summed E-state index contributed by atoms with van der Waals surface area (Å²) in [6.45, 7) is 2.09. The van der Waals surface area contributed by atoms with Gasteiger partial charge >= 0.3 is 0 Å². The standard InChI is InChI=1S/C37H30N4O2/c1-23-13-15-26(16-14-23)35-30-31-34(25-17-18-25)39-41(28-11-7-4-8-12-28)36(31)38-33(24-9-5-3-6-10-24)32(30)37(42)40(35)27-19-21-29(43-2)22-20-27/h3-16,19-22,25,35H,17-18H2,1-2H3. The highest BCUT2D eigenvalue weighted by atomic mass is 16.5. The van der Waals surface area contributed by atoms with Gasteiger partial charge in [0.15, 0.2) is 5.65 Å². The molecule has 1 fully saturated rings. The second kappa shape index (κ2) is 9.95. The molecule has 0 spiro atoms. The van der Waals surface area contributed by atoms with E-state index in [1.54, 1.807) is 7.11 Å². The Balaban J connectivity index is 1.49. The van der Waals surface area contributed by atoms with Crippen molar-refractivity contribution in [1.29, 1.82) is 0 Å². The Bertz CT molecular complexity index is 1980. The molecule has 0 radical (unpaired) electrons. The number of nitrogens with zero attached hydrogens (tertiary/aromatic N) is 4. The monoisotopic (exact) mass is 562 g/mol. The van der Waals surface area contributed by atoms with Gasteiger partial charge in [0.25, 0.3) is 5.91 Å². The Morgan fingerprint density at radius 2 is 1.47 bits per heavy atom. The number of pyridine rings is 1. The number of methoxy groups -OCH3 is 1. The van der Waals surface area contributed by atoms with E-state index in [0.29, 0.717) is 17.2 Å². The van der Waals surface area contributed by atoms with Crippen molar-refractivity contribution >= 4 is 22.6 Å². The molecule has 3 heterocycles. The van der Waals surface area contributed by atoms with Gasteiger partial charge in [0.05, 0.1) is 35.8 Å². The number of benzene rings is 4. The molecule has 1 aliphatic heterocycles. The lowest BCUT2D eigenvalue weighted by Crippen LogP contribution is -2.28. The van der Waals surface area contributed by atoms with Crippen molar-refractivity contribution in [2.24, 2.45) is 0 Å². The molecule has 2 aliphatic rings. The number of ether oxygens (including phenoxy) is 1. The first-order valence-corrected chi connectivity index (χ1v) is 14.7. The summed E-state index contributed by atoms with van der Waals surface area (Å²) in [7, 11) is 1.65. The van der Waals surface area contributed by atoms with Crippen LogP contribution in [0.4, 0.5) is 5.69 Å². The van der Waals surface area contributed by atoms with Crippen LogP contribution in [0, 0.1) is 6.92 Å². The molecule has 8 rings (SSSR count). The van der Waals surface area contributed by atoms with Crippen molar-refractivity contribution in [2.75, 3.05) is 12.0 Å². The van der Waals surface area contributed by atoms with Gasteiger partial charge in [-0.2, -0.15) is 5.10 Å². The van der Waals surface area contributed by atoms with Crippen LogP contribution in [0.5, 0.6) is 5.75 Å². The summed E-state index contributed by atoms with van der Waals surface area (Å²) in [6, 6.07) is 36.1. The molecular formula is C37H30N4O2. The molecule has 2 aromatic heterocycles. The number of para-hydroxylation sites is 1. The van der Waals surface area contributed by atoms with Crippen molar-refractivity contribution < 1.29 is 9.53 Å². The number of carbonyl (C=O) groups excluding carboxylic acids is 1. The maximum atomic E-state index is 14.8. The number of rotatable bonds is 6. The van der Waals surface area contributed by atoms with Gasteiger partial charge in [0, 0.05) is 28.1 Å². The van der Waals surface area contributed by atoms with E-state index in [0.717, 1.165) is 63.4 Å². The first-order valence-electron chi connectivity index (χ1n) is 14.7. The quantitative estimate of drug-likeness (QED) is 0.206. The van der Waals surface area contributed by atoms with E-state index < -0.39 is 0 Å². The normalized spacial score (nSPS) is 16.1. The number of aromatic nitrogens is 3. The molecular weight excluding hydrogens is 532 g/mol. The van der Waals surface area contributed by atoms with Gasteiger partial charge in [-0.05, 0) is 61.7 Å². The number of anilines is 1. The lowest BCUT2D eigenvalue weighted by atomic mass is 9.91. The molecule has 0 bridgehead atoms. The van der Waals surface area contributed by atoms with Gasteiger partial charge in [-0.1, -0.05) is 78.4 Å². The number of hydrogen-bond acceptors (Lipinski definition) is 4. The van der Waals surface area contributed by atoms with Crippen molar-refractivity contribution in [3.63, 3.8) is 0 Å². The third-order valence-corrected chi connectivity index (χ3v) is 8.60. The third kappa shape index (κ3) is 4.13. The Morgan fingerprint density at radius 3 is 2.12 bits per heavy atom. The van der Waals surface area contributed by atoms with Crippen LogP contribution in [0.1, 0.15) is 57.5 Å². The van der Waals surface area contributed by atoms with E-state index in [9.17, 15) is 4.79 Å². The minimum atomic E-state index is -0.351. The van der Waals surface area contributed by atoms with Gasteiger partial charge in [-0.3, -0.25) is 9.69 Å². The first-order chi connectivity index (χ1) is 21.1. The molecule has 4 aromatic carbocycles. The molecule has 1 aliphatic carbocycles. The highest BCUT2D eigenvalue weighted by molar-refractivity contribution is 6.18. The summed E-state index contributed by atoms with van der Waals surface area (Å²) in [5.41, 5.74) is 9.02. The van der Waals surface area contributed by atoms with Gasteiger partial charge in [-0.25, -0.2) is 9.67 Å². The molecule has 6 heteroatoms. The van der Waals surface area contributed by atoms with Crippen molar-refractivity contribution in [2.45, 2.75) is 31.7 Å². The minimum Gasteiger partial charge on any atom is -0.497 e. The van der Waals surface area contributed by atoms with Crippen LogP contribution in [-0.2, 0) is 0 Å². The molecule has 6 aromatic rings. The predicted molar refractivity (Wildman–Crippen MR) is 169 cm³/mol. The zero-order valence-electron chi connectivity index (χ0n) is 24.1. The van der Waals surface area contributed by atoms with E-state index in [4.69, 9.17) is 14.8 Å². The number of aryl methyl sites for hydroxylation is 1. The van der Waals surface area contributed by atoms with Crippen molar-refractivity contribution in [3.8, 4) is 22.7 Å². The molecule has 1 unspecified atom stereocenters. The highest BCUT2D eigenvalue weighted by Gasteiger charge is 2.45. The second-order valence-corrected chi connectivity index (χ2v) is 11.4. The molecule has 0 saturated heterocycles. The zero-order chi connectivity index (χ0) is 29.1. The molecule has 210 valence electrons. The van der Waals surface area contributed by atoms with Crippen LogP contribution in [0.25, 0.3) is 28.0 Å². The fourth-order valence-electron chi connectivity index (χ4n) is 6.33. The zero-order valence-corrected chi connectivity index (χ0v) is 24.1. The number of hydrogen-bond donors (Lipinski definition) is 0. The van der Waals surface area contributed by atoms with Gasteiger partial charge in [0.1, 0.15) is 5.75 Å². The fraction of sp³-hybridized carbons (Fsp3) is 0.162. The molecule has 1 amide bonds. The van der Waals surface area contributed by atoms with E-state index in [1.165, 1.54) is 5.56 Å². The Hall–Kier alpha value is -5.23. The van der Waals surface area contributed by atoms with E-state index >= 15 is 0 Å². The molecule has 43 heavy (non-hydrogen) atoms. The summed E-state index contributed by atoms with van der Waals surface area (Å²) in [5, 5.41) is 6.23. The number of carbonyl (C=O) groups is 1. The smallest absolute Gasteiger partial charge is 0.261 e. The average Bonchev–Trinajstić information content (AvgIpc) is 3.77. The largest absolute Gasteiger partial charge is 0.497 e.